The van der Waals surface area contributed by atoms with Crippen LogP contribution in [0.15, 0.2) is 24.3 Å². The lowest BCUT2D eigenvalue weighted by Crippen LogP contribution is -2.04. The highest BCUT2D eigenvalue weighted by Gasteiger charge is 2.04. The van der Waals surface area contributed by atoms with Gasteiger partial charge in [0.25, 0.3) is 0 Å². The SMILES string of the molecule is CCCCCCCCCCCCCCCCCCCCCC(=O)OCc1ccc(OCC)cc1. The summed E-state index contributed by atoms with van der Waals surface area (Å²) < 4.78 is 10.8. The Morgan fingerprint density at radius 2 is 1.00 bits per heavy atom. The van der Waals surface area contributed by atoms with Gasteiger partial charge in [-0.15, -0.1) is 0 Å². The Labute approximate surface area is 211 Å². The number of esters is 1. The van der Waals surface area contributed by atoms with E-state index in [0.717, 1.165) is 24.2 Å². The van der Waals surface area contributed by atoms with Crippen molar-refractivity contribution < 1.29 is 14.3 Å². The molecule has 1 aromatic rings. The Morgan fingerprint density at radius 1 is 0.588 bits per heavy atom. The minimum atomic E-state index is -0.0825. The lowest BCUT2D eigenvalue weighted by Gasteiger charge is -2.07. The molecule has 0 aliphatic carbocycles. The van der Waals surface area contributed by atoms with Crippen molar-refractivity contribution in [2.45, 2.75) is 149 Å². The first-order chi connectivity index (χ1) is 16.8. The molecular weight excluding hydrogens is 420 g/mol. The molecule has 0 fully saturated rings. The van der Waals surface area contributed by atoms with Crippen molar-refractivity contribution in [3.05, 3.63) is 29.8 Å². The zero-order valence-corrected chi connectivity index (χ0v) is 22.6. The molecule has 0 aromatic heterocycles. The molecule has 3 heteroatoms. The minimum absolute atomic E-state index is 0.0825. The minimum Gasteiger partial charge on any atom is -0.494 e. The third-order valence-corrected chi connectivity index (χ3v) is 6.62. The van der Waals surface area contributed by atoms with Crippen LogP contribution in [0.1, 0.15) is 148 Å². The average Bonchev–Trinajstić information content (AvgIpc) is 2.85. The predicted molar refractivity (Wildman–Crippen MR) is 145 cm³/mol. The molecule has 0 saturated heterocycles. The standard InChI is InChI=1S/C31H54O3/c1-3-5-6-7-8-9-10-11-12-13-14-15-16-17-18-19-20-21-22-23-31(32)34-28-29-24-26-30(27-25-29)33-4-2/h24-27H,3-23,28H2,1-2H3. The van der Waals surface area contributed by atoms with Crippen LogP contribution in [0.25, 0.3) is 0 Å². The van der Waals surface area contributed by atoms with E-state index in [0.29, 0.717) is 19.6 Å². The molecule has 0 aliphatic rings. The molecule has 1 rings (SSSR count). The number of rotatable bonds is 24. The van der Waals surface area contributed by atoms with Gasteiger partial charge in [0.1, 0.15) is 12.4 Å². The summed E-state index contributed by atoms with van der Waals surface area (Å²) in [7, 11) is 0. The van der Waals surface area contributed by atoms with E-state index in [2.05, 4.69) is 6.92 Å². The van der Waals surface area contributed by atoms with Gasteiger partial charge in [-0.05, 0) is 31.0 Å². The maximum Gasteiger partial charge on any atom is 0.306 e. The van der Waals surface area contributed by atoms with E-state index in [1.54, 1.807) is 0 Å². The van der Waals surface area contributed by atoms with Gasteiger partial charge in [-0.3, -0.25) is 4.79 Å². The van der Waals surface area contributed by atoms with Crippen LogP contribution in [-0.2, 0) is 16.1 Å². The van der Waals surface area contributed by atoms with E-state index >= 15 is 0 Å². The Hall–Kier alpha value is -1.51. The molecule has 0 aliphatic heterocycles. The summed E-state index contributed by atoms with van der Waals surface area (Å²) in [5.41, 5.74) is 1.00. The van der Waals surface area contributed by atoms with Crippen molar-refractivity contribution >= 4 is 5.97 Å². The second kappa shape index (κ2) is 23.2. The van der Waals surface area contributed by atoms with Gasteiger partial charge in [-0.25, -0.2) is 0 Å². The zero-order chi connectivity index (χ0) is 24.5. The fourth-order valence-electron chi connectivity index (χ4n) is 4.43. The Bertz CT molecular complexity index is 567. The number of hydrogen-bond donors (Lipinski definition) is 0. The van der Waals surface area contributed by atoms with Crippen LogP contribution in [0.5, 0.6) is 5.75 Å². The smallest absolute Gasteiger partial charge is 0.306 e. The lowest BCUT2D eigenvalue weighted by molar-refractivity contribution is -0.145. The monoisotopic (exact) mass is 474 g/mol. The number of unbranched alkanes of at least 4 members (excludes halogenated alkanes) is 18. The van der Waals surface area contributed by atoms with Gasteiger partial charge in [0.2, 0.25) is 0 Å². The fraction of sp³-hybridized carbons (Fsp3) is 0.774. The topological polar surface area (TPSA) is 35.5 Å². The van der Waals surface area contributed by atoms with Gasteiger partial charge in [0.05, 0.1) is 6.61 Å². The highest BCUT2D eigenvalue weighted by molar-refractivity contribution is 5.69. The largest absolute Gasteiger partial charge is 0.494 e. The summed E-state index contributed by atoms with van der Waals surface area (Å²) in [4.78, 5) is 11.9. The Kier molecular flexibility index (Phi) is 20.9. The number of carbonyl (C=O) groups is 1. The molecule has 0 saturated carbocycles. The highest BCUT2D eigenvalue weighted by atomic mass is 16.5. The van der Waals surface area contributed by atoms with Gasteiger partial charge < -0.3 is 9.47 Å². The molecule has 196 valence electrons. The maximum atomic E-state index is 11.9. The van der Waals surface area contributed by atoms with Gasteiger partial charge in [-0.2, -0.15) is 0 Å². The molecule has 0 atom stereocenters. The zero-order valence-electron chi connectivity index (χ0n) is 22.6. The summed E-state index contributed by atoms with van der Waals surface area (Å²) in [5, 5.41) is 0. The average molecular weight is 475 g/mol. The Morgan fingerprint density at radius 3 is 1.41 bits per heavy atom. The van der Waals surface area contributed by atoms with Crippen molar-refractivity contribution in [1.82, 2.24) is 0 Å². The molecule has 34 heavy (non-hydrogen) atoms. The molecule has 0 unspecified atom stereocenters. The summed E-state index contributed by atoms with van der Waals surface area (Å²) in [5.74, 6) is 0.771. The number of carbonyl (C=O) groups excluding carboxylic acids is 1. The first-order valence-corrected chi connectivity index (χ1v) is 14.6. The third kappa shape index (κ3) is 18.9. The molecule has 3 nitrogen and oxygen atoms in total. The Balaban J connectivity index is 1.78. The molecule has 1 aromatic carbocycles. The van der Waals surface area contributed by atoms with E-state index in [4.69, 9.17) is 9.47 Å². The summed E-state index contributed by atoms with van der Waals surface area (Å²) in [6.07, 6.45) is 26.5. The maximum absolute atomic E-state index is 11.9. The van der Waals surface area contributed by atoms with Crippen molar-refractivity contribution in [2.75, 3.05) is 6.61 Å². The van der Waals surface area contributed by atoms with Crippen LogP contribution >= 0.6 is 0 Å². The summed E-state index contributed by atoms with van der Waals surface area (Å²) >= 11 is 0. The molecule has 0 N–H and O–H groups in total. The van der Waals surface area contributed by atoms with E-state index < -0.39 is 0 Å². The van der Waals surface area contributed by atoms with Crippen LogP contribution in [0, 0.1) is 0 Å². The van der Waals surface area contributed by atoms with Crippen molar-refractivity contribution in [3.8, 4) is 5.75 Å². The first kappa shape index (κ1) is 30.5. The van der Waals surface area contributed by atoms with Crippen molar-refractivity contribution in [1.29, 1.82) is 0 Å². The van der Waals surface area contributed by atoms with E-state index in [1.165, 1.54) is 109 Å². The van der Waals surface area contributed by atoms with Gasteiger partial charge in [0.15, 0.2) is 0 Å². The van der Waals surface area contributed by atoms with E-state index in [-0.39, 0.29) is 5.97 Å². The quantitative estimate of drug-likeness (QED) is 0.110. The molecular formula is C31H54O3. The molecule has 0 bridgehead atoms. The van der Waals surface area contributed by atoms with Crippen LogP contribution in [0.2, 0.25) is 0 Å². The van der Waals surface area contributed by atoms with Gasteiger partial charge in [-0.1, -0.05) is 135 Å². The van der Waals surface area contributed by atoms with E-state index in [9.17, 15) is 4.79 Å². The number of benzene rings is 1. The molecule has 0 radical (unpaired) electrons. The van der Waals surface area contributed by atoms with Crippen LogP contribution < -0.4 is 4.74 Å². The predicted octanol–water partition coefficient (Wildman–Crippen LogP) is 9.95. The van der Waals surface area contributed by atoms with Crippen molar-refractivity contribution in [3.63, 3.8) is 0 Å². The van der Waals surface area contributed by atoms with Crippen LogP contribution in [0.4, 0.5) is 0 Å². The summed E-state index contributed by atoms with van der Waals surface area (Å²) in [6.45, 7) is 5.27. The highest BCUT2D eigenvalue weighted by Crippen LogP contribution is 2.16. The van der Waals surface area contributed by atoms with Gasteiger partial charge in [0, 0.05) is 6.42 Å². The number of ether oxygens (including phenoxy) is 2. The molecule has 0 heterocycles. The number of hydrogen-bond acceptors (Lipinski definition) is 3. The molecule has 0 spiro atoms. The second-order valence-corrected chi connectivity index (χ2v) is 9.85. The fourth-order valence-corrected chi connectivity index (χ4v) is 4.43. The normalized spacial score (nSPS) is 11.0. The van der Waals surface area contributed by atoms with E-state index in [1.807, 2.05) is 31.2 Å². The lowest BCUT2D eigenvalue weighted by atomic mass is 10.0. The van der Waals surface area contributed by atoms with Crippen LogP contribution in [-0.4, -0.2) is 12.6 Å². The first-order valence-electron chi connectivity index (χ1n) is 14.6. The molecule has 0 amide bonds. The third-order valence-electron chi connectivity index (χ3n) is 6.62. The second-order valence-electron chi connectivity index (χ2n) is 9.85. The summed E-state index contributed by atoms with van der Waals surface area (Å²) in [6, 6.07) is 7.75. The van der Waals surface area contributed by atoms with Crippen LogP contribution in [0.3, 0.4) is 0 Å². The van der Waals surface area contributed by atoms with Gasteiger partial charge >= 0.3 is 5.97 Å². The van der Waals surface area contributed by atoms with Crippen molar-refractivity contribution in [2.24, 2.45) is 0 Å².